The van der Waals surface area contributed by atoms with Gasteiger partial charge in [0.15, 0.2) is 0 Å². The Labute approximate surface area is 206 Å². The first-order valence-corrected chi connectivity index (χ1v) is 13.2. The summed E-state index contributed by atoms with van der Waals surface area (Å²) in [6, 6.07) is 11.6. The molecule has 0 radical (unpaired) electrons. The van der Waals surface area contributed by atoms with Crippen LogP contribution in [-0.4, -0.2) is 58.4 Å². The molecule has 0 saturated carbocycles. The molecule has 2 saturated heterocycles. The Bertz CT molecular complexity index is 1190. The molecule has 2 amide bonds. The molecule has 0 unspecified atom stereocenters. The molecule has 0 aromatic heterocycles. The summed E-state index contributed by atoms with van der Waals surface area (Å²) in [5, 5.41) is 2.80. The van der Waals surface area contributed by atoms with Crippen LogP contribution >= 0.6 is 0 Å². The van der Waals surface area contributed by atoms with Crippen LogP contribution in [0.3, 0.4) is 0 Å². The summed E-state index contributed by atoms with van der Waals surface area (Å²) in [6.07, 6.45) is 3.73. The molecule has 1 atom stereocenters. The average molecular weight is 502 g/mol. The standard InChI is InChI=1S/C25H31N3O6S/c1-33-22-12-11-19(35(31,32)27-13-7-3-4-8-14-27)16-20(22)26-25(30)18-15-24(29)28(17-18)21-9-5-6-10-23(21)34-2/h5-6,9-12,16,18H,3-4,7-8,13-15,17H2,1-2H3,(H,26,30)/t18-/m0/s1. The number of carbonyl (C=O) groups excluding carboxylic acids is 2. The molecule has 2 aromatic rings. The van der Waals surface area contributed by atoms with E-state index in [9.17, 15) is 18.0 Å². The zero-order valence-electron chi connectivity index (χ0n) is 20.0. The third-order valence-electron chi connectivity index (χ3n) is 6.50. The van der Waals surface area contributed by atoms with Crippen molar-refractivity contribution in [2.45, 2.75) is 37.0 Å². The number of para-hydroxylation sites is 2. The topological polar surface area (TPSA) is 105 Å². The molecule has 9 nitrogen and oxygen atoms in total. The van der Waals surface area contributed by atoms with E-state index in [2.05, 4.69) is 5.32 Å². The Morgan fingerprint density at radius 2 is 1.66 bits per heavy atom. The van der Waals surface area contributed by atoms with Gasteiger partial charge in [0.2, 0.25) is 21.8 Å². The normalized spacial score (nSPS) is 19.3. The highest BCUT2D eigenvalue weighted by atomic mass is 32.2. The number of sulfonamides is 1. The fourth-order valence-electron chi connectivity index (χ4n) is 4.58. The Hall–Kier alpha value is -3.11. The lowest BCUT2D eigenvalue weighted by Crippen LogP contribution is -2.32. The van der Waals surface area contributed by atoms with Gasteiger partial charge in [0.05, 0.1) is 36.4 Å². The van der Waals surface area contributed by atoms with Crippen molar-refractivity contribution in [2.75, 3.05) is 44.1 Å². The van der Waals surface area contributed by atoms with Crippen LogP contribution in [0, 0.1) is 5.92 Å². The van der Waals surface area contributed by atoms with Gasteiger partial charge in [-0.3, -0.25) is 9.59 Å². The van der Waals surface area contributed by atoms with Crippen molar-refractivity contribution in [3.8, 4) is 11.5 Å². The largest absolute Gasteiger partial charge is 0.495 e. The minimum absolute atomic E-state index is 0.0396. The van der Waals surface area contributed by atoms with Crippen molar-refractivity contribution in [2.24, 2.45) is 5.92 Å². The summed E-state index contributed by atoms with van der Waals surface area (Å²) in [5.74, 6) is -0.269. The second kappa shape index (κ2) is 10.7. The second-order valence-electron chi connectivity index (χ2n) is 8.75. The van der Waals surface area contributed by atoms with Gasteiger partial charge in [-0.1, -0.05) is 25.0 Å². The van der Waals surface area contributed by atoms with Gasteiger partial charge >= 0.3 is 0 Å². The number of amides is 2. The van der Waals surface area contributed by atoms with Crippen molar-refractivity contribution >= 4 is 33.2 Å². The van der Waals surface area contributed by atoms with E-state index in [1.165, 1.54) is 30.7 Å². The molecule has 0 bridgehead atoms. The lowest BCUT2D eigenvalue weighted by atomic mass is 10.1. The predicted molar refractivity (Wildman–Crippen MR) is 132 cm³/mol. The number of benzene rings is 2. The van der Waals surface area contributed by atoms with E-state index in [0.29, 0.717) is 30.3 Å². The van der Waals surface area contributed by atoms with Crippen LogP contribution in [0.25, 0.3) is 0 Å². The molecule has 2 aliphatic heterocycles. The SMILES string of the molecule is COc1ccc(S(=O)(=O)N2CCCCCC2)cc1NC(=O)[C@H]1CC(=O)N(c2ccccc2OC)C1. The van der Waals surface area contributed by atoms with Gasteiger partial charge < -0.3 is 19.7 Å². The Morgan fingerprint density at radius 3 is 2.34 bits per heavy atom. The molecule has 10 heteroatoms. The zero-order valence-corrected chi connectivity index (χ0v) is 20.8. The quantitative estimate of drug-likeness (QED) is 0.624. The number of carbonyl (C=O) groups is 2. The number of anilines is 2. The summed E-state index contributed by atoms with van der Waals surface area (Å²) in [6.45, 7) is 1.16. The summed E-state index contributed by atoms with van der Waals surface area (Å²) in [5.41, 5.74) is 0.870. The summed E-state index contributed by atoms with van der Waals surface area (Å²) in [4.78, 5) is 27.5. The number of hydrogen-bond acceptors (Lipinski definition) is 6. The molecule has 188 valence electrons. The molecule has 35 heavy (non-hydrogen) atoms. The summed E-state index contributed by atoms with van der Waals surface area (Å²) in [7, 11) is -0.714. The van der Waals surface area contributed by atoms with Crippen LogP contribution in [0.1, 0.15) is 32.1 Å². The van der Waals surface area contributed by atoms with Crippen molar-refractivity contribution in [1.82, 2.24) is 4.31 Å². The molecule has 4 rings (SSSR count). The van der Waals surface area contributed by atoms with Gasteiger partial charge in [-0.15, -0.1) is 0 Å². The highest BCUT2D eigenvalue weighted by Crippen LogP contribution is 2.34. The van der Waals surface area contributed by atoms with Gasteiger partial charge in [-0.05, 0) is 43.2 Å². The van der Waals surface area contributed by atoms with Gasteiger partial charge in [0.25, 0.3) is 0 Å². The van der Waals surface area contributed by atoms with E-state index in [-0.39, 0.29) is 35.4 Å². The smallest absolute Gasteiger partial charge is 0.243 e. The molecule has 1 N–H and O–H groups in total. The molecule has 2 fully saturated rings. The highest BCUT2D eigenvalue weighted by molar-refractivity contribution is 7.89. The van der Waals surface area contributed by atoms with E-state index >= 15 is 0 Å². The maximum atomic E-state index is 13.2. The highest BCUT2D eigenvalue weighted by Gasteiger charge is 2.36. The fourth-order valence-corrected chi connectivity index (χ4v) is 6.12. The average Bonchev–Trinajstić information content (AvgIpc) is 3.06. The number of nitrogens with zero attached hydrogens (tertiary/aromatic N) is 2. The monoisotopic (exact) mass is 501 g/mol. The summed E-state index contributed by atoms with van der Waals surface area (Å²) < 4.78 is 38.7. The van der Waals surface area contributed by atoms with Crippen LogP contribution < -0.4 is 19.7 Å². The lowest BCUT2D eigenvalue weighted by molar-refractivity contribution is -0.122. The predicted octanol–water partition coefficient (Wildman–Crippen LogP) is 3.26. The minimum atomic E-state index is -3.70. The van der Waals surface area contributed by atoms with Crippen molar-refractivity contribution in [3.63, 3.8) is 0 Å². The number of nitrogens with one attached hydrogen (secondary N) is 1. The molecule has 0 spiro atoms. The number of hydrogen-bond donors (Lipinski definition) is 1. The fraction of sp³-hybridized carbons (Fsp3) is 0.440. The second-order valence-corrected chi connectivity index (χ2v) is 10.7. The Kier molecular flexibility index (Phi) is 7.61. The molecular weight excluding hydrogens is 470 g/mol. The lowest BCUT2D eigenvalue weighted by Gasteiger charge is -2.21. The Morgan fingerprint density at radius 1 is 0.971 bits per heavy atom. The van der Waals surface area contributed by atoms with Gasteiger partial charge in [0, 0.05) is 26.1 Å². The molecular formula is C25H31N3O6S. The summed E-state index contributed by atoms with van der Waals surface area (Å²) >= 11 is 0. The Balaban J connectivity index is 1.53. The van der Waals surface area contributed by atoms with Crippen LogP contribution in [0.5, 0.6) is 11.5 Å². The molecule has 0 aliphatic carbocycles. The van der Waals surface area contributed by atoms with Crippen LogP contribution in [0.2, 0.25) is 0 Å². The molecule has 2 aromatic carbocycles. The van der Waals surface area contributed by atoms with E-state index < -0.39 is 15.9 Å². The molecule has 2 heterocycles. The van der Waals surface area contributed by atoms with Crippen molar-refractivity contribution in [3.05, 3.63) is 42.5 Å². The van der Waals surface area contributed by atoms with Crippen molar-refractivity contribution in [1.29, 1.82) is 0 Å². The third-order valence-corrected chi connectivity index (χ3v) is 8.40. The first-order valence-electron chi connectivity index (χ1n) is 11.8. The zero-order chi connectivity index (χ0) is 25.0. The first-order chi connectivity index (χ1) is 16.8. The van der Waals surface area contributed by atoms with E-state index in [4.69, 9.17) is 9.47 Å². The van der Waals surface area contributed by atoms with Crippen LogP contribution in [-0.2, 0) is 19.6 Å². The number of ether oxygens (including phenoxy) is 2. The minimum Gasteiger partial charge on any atom is -0.495 e. The first kappa shape index (κ1) is 25.0. The van der Waals surface area contributed by atoms with Crippen LogP contribution in [0.15, 0.2) is 47.4 Å². The van der Waals surface area contributed by atoms with Crippen molar-refractivity contribution < 1.29 is 27.5 Å². The van der Waals surface area contributed by atoms with Gasteiger partial charge in [-0.25, -0.2) is 8.42 Å². The number of rotatable bonds is 7. The third kappa shape index (κ3) is 5.28. The van der Waals surface area contributed by atoms with Gasteiger partial charge in [0.1, 0.15) is 11.5 Å². The maximum Gasteiger partial charge on any atom is 0.243 e. The van der Waals surface area contributed by atoms with E-state index in [1.807, 2.05) is 6.07 Å². The maximum absolute atomic E-state index is 13.2. The van der Waals surface area contributed by atoms with E-state index in [1.54, 1.807) is 29.2 Å². The van der Waals surface area contributed by atoms with E-state index in [0.717, 1.165) is 25.7 Å². The van der Waals surface area contributed by atoms with Crippen LogP contribution in [0.4, 0.5) is 11.4 Å². The number of methoxy groups -OCH3 is 2. The van der Waals surface area contributed by atoms with Gasteiger partial charge in [-0.2, -0.15) is 4.31 Å². The molecule has 2 aliphatic rings.